The first-order valence-electron chi connectivity index (χ1n) is 6.49. The van der Waals surface area contributed by atoms with Crippen LogP contribution >= 0.6 is 0 Å². The standard InChI is InChI=1S/C14H24O3/c1-11(2)5-4-6-12(3)7-8-13(15)14-16-9-10-17-14/h5,12,14H,4,6-10H2,1-3H3. The monoisotopic (exact) mass is 240 g/mol. The molecule has 1 aliphatic rings. The highest BCUT2D eigenvalue weighted by Gasteiger charge is 2.24. The van der Waals surface area contributed by atoms with E-state index < -0.39 is 6.29 Å². The largest absolute Gasteiger partial charge is 0.344 e. The van der Waals surface area contributed by atoms with Crippen LogP contribution in [0.15, 0.2) is 11.6 Å². The Morgan fingerprint density at radius 1 is 1.29 bits per heavy atom. The van der Waals surface area contributed by atoms with Gasteiger partial charge >= 0.3 is 0 Å². The van der Waals surface area contributed by atoms with Gasteiger partial charge in [0, 0.05) is 6.42 Å². The van der Waals surface area contributed by atoms with Crippen molar-refractivity contribution in [1.82, 2.24) is 0 Å². The molecule has 1 aliphatic heterocycles. The summed E-state index contributed by atoms with van der Waals surface area (Å²) < 4.78 is 10.4. The van der Waals surface area contributed by atoms with Gasteiger partial charge in [0.15, 0.2) is 5.78 Å². The number of rotatable bonds is 7. The lowest BCUT2D eigenvalue weighted by Gasteiger charge is -2.11. The molecule has 0 N–H and O–H groups in total. The molecule has 1 saturated heterocycles. The van der Waals surface area contributed by atoms with Crippen molar-refractivity contribution in [2.45, 2.75) is 52.7 Å². The second-order valence-electron chi connectivity index (χ2n) is 5.04. The SMILES string of the molecule is CC(C)=CCCC(C)CCC(=O)C1OCCO1. The minimum absolute atomic E-state index is 0.0940. The minimum atomic E-state index is -0.583. The van der Waals surface area contributed by atoms with E-state index in [-0.39, 0.29) is 5.78 Å². The highest BCUT2D eigenvalue weighted by Crippen LogP contribution is 2.16. The highest BCUT2D eigenvalue weighted by atomic mass is 16.7. The lowest BCUT2D eigenvalue weighted by Crippen LogP contribution is -2.21. The van der Waals surface area contributed by atoms with E-state index in [4.69, 9.17) is 9.47 Å². The summed E-state index contributed by atoms with van der Waals surface area (Å²) in [5.41, 5.74) is 1.36. The third kappa shape index (κ3) is 5.99. The number of carbonyl (C=O) groups is 1. The van der Waals surface area contributed by atoms with Crippen molar-refractivity contribution >= 4 is 5.78 Å². The molecule has 17 heavy (non-hydrogen) atoms. The van der Waals surface area contributed by atoms with Crippen LogP contribution in [0.5, 0.6) is 0 Å². The fourth-order valence-electron chi connectivity index (χ4n) is 1.85. The number of ether oxygens (including phenoxy) is 2. The van der Waals surface area contributed by atoms with E-state index in [1.807, 2.05) is 0 Å². The van der Waals surface area contributed by atoms with Gasteiger partial charge in [0.2, 0.25) is 6.29 Å². The molecule has 0 aromatic rings. The summed E-state index contributed by atoms with van der Waals surface area (Å²) in [7, 11) is 0. The first-order chi connectivity index (χ1) is 8.09. The molecule has 0 aliphatic carbocycles. The maximum absolute atomic E-state index is 11.7. The number of carbonyl (C=O) groups excluding carboxylic acids is 1. The maximum Gasteiger partial charge on any atom is 0.217 e. The summed E-state index contributed by atoms with van der Waals surface area (Å²) >= 11 is 0. The van der Waals surface area contributed by atoms with Crippen LogP contribution < -0.4 is 0 Å². The van der Waals surface area contributed by atoms with Crippen LogP contribution in [0.2, 0.25) is 0 Å². The van der Waals surface area contributed by atoms with Crippen LogP contribution in [0.1, 0.15) is 46.5 Å². The molecule has 1 heterocycles. The second-order valence-corrected chi connectivity index (χ2v) is 5.04. The van der Waals surface area contributed by atoms with E-state index in [0.717, 1.165) is 19.3 Å². The molecule has 1 rings (SSSR count). The van der Waals surface area contributed by atoms with Gasteiger partial charge in [-0.05, 0) is 39.0 Å². The van der Waals surface area contributed by atoms with Crippen LogP contribution in [0, 0.1) is 5.92 Å². The zero-order valence-electron chi connectivity index (χ0n) is 11.2. The Hall–Kier alpha value is -0.670. The third-order valence-electron chi connectivity index (χ3n) is 2.98. The van der Waals surface area contributed by atoms with E-state index in [9.17, 15) is 4.79 Å². The summed E-state index contributed by atoms with van der Waals surface area (Å²) in [6.45, 7) is 7.52. The van der Waals surface area contributed by atoms with Crippen LogP contribution in [0.25, 0.3) is 0 Å². The molecule has 0 amide bonds. The Labute approximate surface area is 104 Å². The van der Waals surface area contributed by atoms with Crippen LogP contribution in [0.3, 0.4) is 0 Å². The minimum Gasteiger partial charge on any atom is -0.344 e. The summed E-state index contributed by atoms with van der Waals surface area (Å²) in [6.07, 6.45) is 5.42. The Morgan fingerprint density at radius 3 is 2.53 bits per heavy atom. The molecule has 98 valence electrons. The van der Waals surface area contributed by atoms with Gasteiger partial charge in [-0.25, -0.2) is 0 Å². The van der Waals surface area contributed by atoms with E-state index >= 15 is 0 Å². The zero-order chi connectivity index (χ0) is 12.7. The van der Waals surface area contributed by atoms with E-state index in [1.165, 1.54) is 5.57 Å². The number of ketones is 1. The fourth-order valence-corrected chi connectivity index (χ4v) is 1.85. The molecule has 1 atom stereocenters. The summed E-state index contributed by atoms with van der Waals surface area (Å²) in [5.74, 6) is 0.674. The molecule has 0 bridgehead atoms. The summed E-state index contributed by atoms with van der Waals surface area (Å²) in [4.78, 5) is 11.7. The van der Waals surface area contributed by atoms with Crippen molar-refractivity contribution in [2.75, 3.05) is 13.2 Å². The summed E-state index contributed by atoms with van der Waals surface area (Å²) in [5, 5.41) is 0. The molecule has 0 aromatic carbocycles. The number of Topliss-reactive ketones (excluding diaryl/α,β-unsaturated/α-hetero) is 1. The van der Waals surface area contributed by atoms with Crippen molar-refractivity contribution in [3.05, 3.63) is 11.6 Å². The number of hydrogen-bond donors (Lipinski definition) is 0. The van der Waals surface area contributed by atoms with Crippen LogP contribution in [0.4, 0.5) is 0 Å². The Balaban J connectivity index is 2.12. The Bertz CT molecular complexity index is 261. The first kappa shape index (κ1) is 14.4. The van der Waals surface area contributed by atoms with Crippen LogP contribution in [-0.4, -0.2) is 25.3 Å². The van der Waals surface area contributed by atoms with Crippen molar-refractivity contribution in [1.29, 1.82) is 0 Å². The predicted molar refractivity (Wildman–Crippen MR) is 67.8 cm³/mol. The van der Waals surface area contributed by atoms with E-state index in [1.54, 1.807) is 0 Å². The molecule has 0 spiro atoms. The zero-order valence-corrected chi connectivity index (χ0v) is 11.2. The smallest absolute Gasteiger partial charge is 0.217 e. The van der Waals surface area contributed by atoms with E-state index in [0.29, 0.717) is 25.6 Å². The Kier molecular flexibility index (Phi) is 6.45. The third-order valence-corrected chi connectivity index (χ3v) is 2.98. The molecule has 3 nitrogen and oxygen atoms in total. The molecule has 0 aromatic heterocycles. The number of hydrogen-bond acceptors (Lipinski definition) is 3. The summed E-state index contributed by atoms with van der Waals surface area (Å²) in [6, 6.07) is 0. The average molecular weight is 240 g/mol. The van der Waals surface area contributed by atoms with Gasteiger partial charge in [-0.1, -0.05) is 18.6 Å². The predicted octanol–water partition coefficient (Wildman–Crippen LogP) is 3.09. The fraction of sp³-hybridized carbons (Fsp3) is 0.786. The van der Waals surface area contributed by atoms with Gasteiger partial charge in [-0.15, -0.1) is 0 Å². The van der Waals surface area contributed by atoms with Gasteiger partial charge in [-0.2, -0.15) is 0 Å². The van der Waals surface area contributed by atoms with Gasteiger partial charge in [0.05, 0.1) is 13.2 Å². The van der Waals surface area contributed by atoms with Crippen molar-refractivity contribution < 1.29 is 14.3 Å². The van der Waals surface area contributed by atoms with E-state index in [2.05, 4.69) is 26.8 Å². The first-order valence-corrected chi connectivity index (χ1v) is 6.49. The van der Waals surface area contributed by atoms with Gasteiger partial charge in [0.25, 0.3) is 0 Å². The maximum atomic E-state index is 11.7. The van der Waals surface area contributed by atoms with Crippen LogP contribution in [-0.2, 0) is 14.3 Å². The lowest BCUT2D eigenvalue weighted by atomic mass is 9.98. The molecule has 1 unspecified atom stereocenters. The molecular weight excluding hydrogens is 216 g/mol. The van der Waals surface area contributed by atoms with Gasteiger partial charge in [-0.3, -0.25) is 4.79 Å². The normalized spacial score (nSPS) is 18.1. The topological polar surface area (TPSA) is 35.5 Å². The highest BCUT2D eigenvalue weighted by molar-refractivity contribution is 5.81. The second kappa shape index (κ2) is 7.62. The van der Waals surface area contributed by atoms with Crippen molar-refractivity contribution in [3.8, 4) is 0 Å². The number of allylic oxidation sites excluding steroid dienone is 2. The Morgan fingerprint density at radius 2 is 1.94 bits per heavy atom. The molecular formula is C14H24O3. The lowest BCUT2D eigenvalue weighted by molar-refractivity contribution is -0.144. The van der Waals surface area contributed by atoms with Crippen molar-refractivity contribution in [3.63, 3.8) is 0 Å². The molecule has 0 saturated carbocycles. The molecule has 0 radical (unpaired) electrons. The molecule has 1 fully saturated rings. The van der Waals surface area contributed by atoms with Crippen molar-refractivity contribution in [2.24, 2.45) is 5.92 Å². The molecule has 3 heteroatoms. The average Bonchev–Trinajstić information content (AvgIpc) is 2.78. The van der Waals surface area contributed by atoms with Gasteiger partial charge in [0.1, 0.15) is 0 Å². The van der Waals surface area contributed by atoms with Gasteiger partial charge < -0.3 is 9.47 Å². The quantitative estimate of drug-likeness (QED) is 0.641.